The zero-order valence-corrected chi connectivity index (χ0v) is 21.7. The maximum atomic E-state index is 14.1. The van der Waals surface area contributed by atoms with E-state index in [2.05, 4.69) is 4.90 Å². The number of hydrogen-bond donors (Lipinski definition) is 1. The lowest BCUT2D eigenvalue weighted by Crippen LogP contribution is -2.44. The van der Waals surface area contributed by atoms with Crippen molar-refractivity contribution in [2.24, 2.45) is 5.92 Å². The van der Waals surface area contributed by atoms with Crippen molar-refractivity contribution in [1.82, 2.24) is 4.90 Å². The standard InChI is InChI=1S/C30H33F2NO5/c1-36-28-18-21(29(34)37-2)10-11-27(28)38-17-5-14-33-15-12-22(13-16-33)30(35,23-6-3-8-25(31)19-23)24-7-4-9-26(32)20-24/h3-4,6-11,18-20,22,35H,5,12-17H2,1-2H3. The van der Waals surface area contributed by atoms with E-state index in [4.69, 9.17) is 14.2 Å². The van der Waals surface area contributed by atoms with Gasteiger partial charge in [-0.25, -0.2) is 13.6 Å². The molecule has 0 bridgehead atoms. The maximum Gasteiger partial charge on any atom is 0.337 e. The molecule has 0 aromatic heterocycles. The van der Waals surface area contributed by atoms with Crippen LogP contribution in [0.15, 0.2) is 66.7 Å². The molecular formula is C30H33F2NO5. The lowest BCUT2D eigenvalue weighted by atomic mass is 9.72. The van der Waals surface area contributed by atoms with Crippen molar-refractivity contribution in [3.05, 3.63) is 95.1 Å². The molecule has 0 atom stereocenters. The number of esters is 1. The summed E-state index contributed by atoms with van der Waals surface area (Å²) < 4.78 is 44.2. The molecule has 0 radical (unpaired) electrons. The Morgan fingerprint density at radius 3 is 2.13 bits per heavy atom. The SMILES string of the molecule is COC(=O)c1ccc(OCCCN2CCC(C(O)(c3cccc(F)c3)c3cccc(F)c3)CC2)c(OC)c1. The lowest BCUT2D eigenvalue weighted by molar-refractivity contribution is -0.0150. The van der Waals surface area contributed by atoms with Gasteiger partial charge in [-0.2, -0.15) is 0 Å². The highest BCUT2D eigenvalue weighted by molar-refractivity contribution is 5.90. The first-order valence-corrected chi connectivity index (χ1v) is 12.7. The summed E-state index contributed by atoms with van der Waals surface area (Å²) in [4.78, 5) is 14.0. The number of ether oxygens (including phenoxy) is 3. The van der Waals surface area contributed by atoms with Crippen LogP contribution in [-0.4, -0.2) is 56.4 Å². The minimum absolute atomic E-state index is 0.198. The van der Waals surface area contributed by atoms with E-state index in [1.807, 2.05) is 0 Å². The van der Waals surface area contributed by atoms with E-state index in [9.17, 15) is 18.7 Å². The van der Waals surface area contributed by atoms with E-state index in [0.29, 0.717) is 47.6 Å². The van der Waals surface area contributed by atoms with E-state index in [0.717, 1.165) is 26.1 Å². The first kappa shape index (κ1) is 27.5. The topological polar surface area (TPSA) is 68.2 Å². The van der Waals surface area contributed by atoms with Crippen molar-refractivity contribution in [2.75, 3.05) is 40.5 Å². The quantitative estimate of drug-likeness (QED) is 0.291. The third-order valence-electron chi connectivity index (χ3n) is 7.17. The molecule has 1 aliphatic rings. The first-order valence-electron chi connectivity index (χ1n) is 12.7. The summed E-state index contributed by atoms with van der Waals surface area (Å²) in [5.41, 5.74) is -0.244. The Morgan fingerprint density at radius 1 is 0.947 bits per heavy atom. The number of hydrogen-bond acceptors (Lipinski definition) is 6. The second-order valence-corrected chi connectivity index (χ2v) is 9.46. The molecule has 1 saturated heterocycles. The summed E-state index contributed by atoms with van der Waals surface area (Å²) in [7, 11) is 2.84. The minimum Gasteiger partial charge on any atom is -0.493 e. The second kappa shape index (κ2) is 12.4. The molecule has 0 aliphatic carbocycles. The number of halogens is 2. The highest BCUT2D eigenvalue weighted by Crippen LogP contribution is 2.42. The van der Waals surface area contributed by atoms with Crippen LogP contribution in [0.5, 0.6) is 11.5 Å². The molecule has 1 heterocycles. The highest BCUT2D eigenvalue weighted by Gasteiger charge is 2.42. The molecule has 1 N–H and O–H groups in total. The van der Waals surface area contributed by atoms with E-state index >= 15 is 0 Å². The molecule has 38 heavy (non-hydrogen) atoms. The average molecular weight is 526 g/mol. The zero-order valence-electron chi connectivity index (χ0n) is 21.7. The largest absolute Gasteiger partial charge is 0.493 e. The first-order chi connectivity index (χ1) is 18.3. The third-order valence-corrected chi connectivity index (χ3v) is 7.17. The summed E-state index contributed by atoms with van der Waals surface area (Å²) >= 11 is 0. The van der Waals surface area contributed by atoms with Crippen molar-refractivity contribution in [1.29, 1.82) is 0 Å². The van der Waals surface area contributed by atoms with Gasteiger partial charge in [0.15, 0.2) is 11.5 Å². The van der Waals surface area contributed by atoms with Crippen LogP contribution in [0, 0.1) is 17.6 Å². The number of nitrogens with zero attached hydrogens (tertiary/aromatic N) is 1. The summed E-state index contributed by atoms with van der Waals surface area (Å²) in [6, 6.07) is 16.8. The predicted octanol–water partition coefficient (Wildman–Crippen LogP) is 5.18. The van der Waals surface area contributed by atoms with Crippen molar-refractivity contribution in [3.8, 4) is 11.5 Å². The summed E-state index contributed by atoms with van der Waals surface area (Å²) in [6.07, 6.45) is 2.12. The van der Waals surface area contributed by atoms with Crippen LogP contribution in [-0.2, 0) is 10.3 Å². The Balaban J connectivity index is 1.35. The van der Waals surface area contributed by atoms with Gasteiger partial charge in [-0.1, -0.05) is 24.3 Å². The van der Waals surface area contributed by atoms with E-state index in [-0.39, 0.29) is 5.92 Å². The molecule has 0 saturated carbocycles. The number of piperidine rings is 1. The normalized spacial score (nSPS) is 14.8. The van der Waals surface area contributed by atoms with Gasteiger partial charge in [-0.3, -0.25) is 0 Å². The Kier molecular flexibility index (Phi) is 8.97. The average Bonchev–Trinajstić information content (AvgIpc) is 2.94. The van der Waals surface area contributed by atoms with Gasteiger partial charge in [0.2, 0.25) is 0 Å². The predicted molar refractivity (Wildman–Crippen MR) is 139 cm³/mol. The Labute approximate surface area is 221 Å². The zero-order chi connectivity index (χ0) is 27.1. The number of aliphatic hydroxyl groups is 1. The number of rotatable bonds is 10. The molecule has 4 rings (SSSR count). The fraction of sp³-hybridized carbons (Fsp3) is 0.367. The number of carbonyl (C=O) groups excluding carboxylic acids is 1. The van der Waals surface area contributed by atoms with Crippen LogP contribution in [0.2, 0.25) is 0 Å². The van der Waals surface area contributed by atoms with E-state index in [1.54, 1.807) is 42.5 Å². The van der Waals surface area contributed by atoms with Gasteiger partial charge in [-0.15, -0.1) is 0 Å². The van der Waals surface area contributed by atoms with Crippen molar-refractivity contribution < 1.29 is 32.9 Å². The molecule has 6 nitrogen and oxygen atoms in total. The Hall–Kier alpha value is -3.49. The van der Waals surface area contributed by atoms with Crippen molar-refractivity contribution >= 4 is 5.97 Å². The summed E-state index contributed by atoms with van der Waals surface area (Å²) in [5, 5.41) is 12.0. The molecular weight excluding hydrogens is 492 g/mol. The van der Waals surface area contributed by atoms with Gasteiger partial charge in [0.1, 0.15) is 17.2 Å². The van der Waals surface area contributed by atoms with Gasteiger partial charge in [0, 0.05) is 6.54 Å². The number of likely N-dealkylation sites (tertiary alicyclic amines) is 1. The lowest BCUT2D eigenvalue weighted by Gasteiger charge is -2.42. The molecule has 3 aromatic rings. The molecule has 202 valence electrons. The molecule has 1 fully saturated rings. The Morgan fingerprint density at radius 2 is 1.58 bits per heavy atom. The number of benzene rings is 3. The van der Waals surface area contributed by atoms with Crippen LogP contribution >= 0.6 is 0 Å². The van der Waals surface area contributed by atoms with Crippen molar-refractivity contribution in [2.45, 2.75) is 24.9 Å². The Bertz CT molecular complexity index is 1200. The molecule has 8 heteroatoms. The smallest absolute Gasteiger partial charge is 0.337 e. The van der Waals surface area contributed by atoms with Crippen LogP contribution in [0.1, 0.15) is 40.7 Å². The van der Waals surface area contributed by atoms with Gasteiger partial charge in [0.25, 0.3) is 0 Å². The van der Waals surface area contributed by atoms with Crippen LogP contribution < -0.4 is 9.47 Å². The molecule has 1 aliphatic heterocycles. The monoisotopic (exact) mass is 525 g/mol. The molecule has 3 aromatic carbocycles. The highest BCUT2D eigenvalue weighted by atomic mass is 19.1. The molecule has 0 spiro atoms. The molecule has 0 amide bonds. The van der Waals surface area contributed by atoms with E-state index < -0.39 is 23.2 Å². The fourth-order valence-electron chi connectivity index (χ4n) is 5.17. The third kappa shape index (κ3) is 6.14. The fourth-order valence-corrected chi connectivity index (χ4v) is 5.17. The van der Waals surface area contributed by atoms with E-state index in [1.165, 1.54) is 38.5 Å². The summed E-state index contributed by atoms with van der Waals surface area (Å²) in [6.45, 7) is 2.75. The summed E-state index contributed by atoms with van der Waals surface area (Å²) in [5.74, 6) is -0.509. The van der Waals surface area contributed by atoms with Crippen LogP contribution in [0.3, 0.4) is 0 Å². The minimum atomic E-state index is -1.49. The van der Waals surface area contributed by atoms with Gasteiger partial charge >= 0.3 is 5.97 Å². The van der Waals surface area contributed by atoms with Gasteiger partial charge < -0.3 is 24.2 Å². The van der Waals surface area contributed by atoms with Gasteiger partial charge in [-0.05, 0) is 91.9 Å². The van der Waals surface area contributed by atoms with Crippen LogP contribution in [0.25, 0.3) is 0 Å². The number of methoxy groups -OCH3 is 2. The molecule has 0 unspecified atom stereocenters. The second-order valence-electron chi connectivity index (χ2n) is 9.46. The van der Waals surface area contributed by atoms with Crippen LogP contribution in [0.4, 0.5) is 8.78 Å². The van der Waals surface area contributed by atoms with Crippen molar-refractivity contribution in [3.63, 3.8) is 0 Å². The number of carbonyl (C=O) groups is 1. The van der Waals surface area contributed by atoms with Gasteiger partial charge in [0.05, 0.1) is 26.4 Å². The maximum absolute atomic E-state index is 14.1.